The molecule has 0 heterocycles. The molecule has 0 fully saturated rings. The third-order valence-corrected chi connectivity index (χ3v) is 5.98. The van der Waals surface area contributed by atoms with Gasteiger partial charge in [0.15, 0.2) is 0 Å². The summed E-state index contributed by atoms with van der Waals surface area (Å²) in [5.41, 5.74) is 6.08. The number of allylic oxidation sites excluding steroid dienone is 4. The van der Waals surface area contributed by atoms with E-state index in [-0.39, 0.29) is 30.3 Å². The zero-order chi connectivity index (χ0) is 22.7. The number of benzene rings is 1. The second-order valence-corrected chi connectivity index (χ2v) is 9.13. The minimum Gasteiger partial charge on any atom is -0.465 e. The summed E-state index contributed by atoms with van der Waals surface area (Å²) in [6.07, 6.45) is 6.03. The first-order valence-corrected chi connectivity index (χ1v) is 11.0. The minimum absolute atomic E-state index is 0.00410. The molecule has 1 aromatic carbocycles. The van der Waals surface area contributed by atoms with Crippen LogP contribution in [0.5, 0.6) is 0 Å². The number of aliphatic hydroxyl groups excluding tert-OH is 1. The summed E-state index contributed by atoms with van der Waals surface area (Å²) in [5.74, 6) is -0.00410. The second-order valence-electron chi connectivity index (χ2n) is 7.19. The van der Waals surface area contributed by atoms with Crippen molar-refractivity contribution in [2.45, 2.75) is 37.3 Å². The number of amides is 1. The lowest BCUT2D eigenvalue weighted by Gasteiger charge is -2.29. The Morgan fingerprint density at radius 1 is 1.20 bits per heavy atom. The molecule has 0 radical (unpaired) electrons. The van der Waals surface area contributed by atoms with Crippen molar-refractivity contribution in [1.82, 2.24) is 9.62 Å². The fourth-order valence-electron chi connectivity index (χ4n) is 2.72. The summed E-state index contributed by atoms with van der Waals surface area (Å²) in [5, 5.41) is 22.0. The molecule has 2 atom stereocenters. The van der Waals surface area contributed by atoms with Gasteiger partial charge in [0.05, 0.1) is 17.0 Å². The lowest BCUT2D eigenvalue weighted by molar-refractivity contribution is 0.0989. The van der Waals surface area contributed by atoms with Crippen LogP contribution in [0.25, 0.3) is 0 Å². The van der Waals surface area contributed by atoms with E-state index in [0.29, 0.717) is 5.69 Å². The number of carbonyl (C=O) groups is 1. The van der Waals surface area contributed by atoms with Crippen molar-refractivity contribution in [3.63, 3.8) is 0 Å². The maximum atomic E-state index is 13.1. The lowest BCUT2D eigenvalue weighted by atomic mass is 10.1. The Kier molecular flexibility index (Phi) is 10.3. The summed E-state index contributed by atoms with van der Waals surface area (Å²) in [4.78, 5) is 11.2. The molecule has 0 bridgehead atoms. The highest BCUT2D eigenvalue weighted by molar-refractivity contribution is 7.89. The minimum atomic E-state index is -3.90. The third-order valence-electron chi connectivity index (χ3n) is 4.14. The van der Waals surface area contributed by atoms with E-state index in [9.17, 15) is 18.3 Å². The van der Waals surface area contributed by atoms with Crippen LogP contribution in [0.1, 0.15) is 20.3 Å². The number of carboxylic acid groups (broad SMARTS) is 1. The van der Waals surface area contributed by atoms with Crippen LogP contribution in [0.3, 0.4) is 0 Å². The molecular weight excluding hydrogens is 406 g/mol. The fourth-order valence-corrected chi connectivity index (χ4v) is 4.34. The van der Waals surface area contributed by atoms with Crippen molar-refractivity contribution in [2.75, 3.05) is 18.8 Å². The summed E-state index contributed by atoms with van der Waals surface area (Å²) >= 11 is 0. The summed E-state index contributed by atoms with van der Waals surface area (Å²) in [7, 11) is -3.90. The van der Waals surface area contributed by atoms with Crippen molar-refractivity contribution < 1.29 is 23.4 Å². The van der Waals surface area contributed by atoms with Crippen LogP contribution in [-0.4, -0.2) is 54.3 Å². The first kappa shape index (κ1) is 25.4. The molecule has 1 unspecified atom stereocenters. The van der Waals surface area contributed by atoms with Gasteiger partial charge in [0.1, 0.15) is 0 Å². The molecule has 1 rings (SSSR count). The van der Waals surface area contributed by atoms with Gasteiger partial charge in [0.25, 0.3) is 0 Å². The zero-order valence-corrected chi connectivity index (χ0v) is 18.1. The van der Waals surface area contributed by atoms with E-state index in [1.54, 1.807) is 30.4 Å². The Bertz CT molecular complexity index is 848. The molecule has 166 valence electrons. The Balaban J connectivity index is 3.07. The van der Waals surface area contributed by atoms with Gasteiger partial charge in [-0.15, -0.1) is 0 Å². The number of hydrogen-bond donors (Lipinski definition) is 4. The van der Waals surface area contributed by atoms with Gasteiger partial charge in [-0.2, -0.15) is 4.31 Å². The van der Waals surface area contributed by atoms with Crippen molar-refractivity contribution in [2.24, 2.45) is 5.92 Å². The molecule has 0 aliphatic rings. The predicted octanol–water partition coefficient (Wildman–Crippen LogP) is 2.60. The maximum absolute atomic E-state index is 13.1. The topological polar surface area (TPSA) is 133 Å². The van der Waals surface area contributed by atoms with Crippen LogP contribution in [0.15, 0.2) is 66.1 Å². The van der Waals surface area contributed by atoms with Crippen LogP contribution in [-0.2, 0) is 10.0 Å². The van der Waals surface area contributed by atoms with Gasteiger partial charge in [-0.05, 0) is 36.6 Å². The number of nitrogen functional groups attached to an aromatic ring is 1. The monoisotopic (exact) mass is 437 g/mol. The molecule has 30 heavy (non-hydrogen) atoms. The Hall–Kier alpha value is -2.62. The molecule has 0 saturated carbocycles. The van der Waals surface area contributed by atoms with Gasteiger partial charge in [0.2, 0.25) is 10.0 Å². The SMILES string of the molecule is C=C/C=C\C=C\CC(NC(=O)O)[C@H](O)CN(CC(C)C)S(=O)(=O)c1ccc(N)cc1. The molecule has 0 aliphatic heterocycles. The highest BCUT2D eigenvalue weighted by Gasteiger charge is 2.30. The van der Waals surface area contributed by atoms with Crippen LogP contribution >= 0.6 is 0 Å². The van der Waals surface area contributed by atoms with Gasteiger partial charge in [0, 0.05) is 18.8 Å². The number of rotatable bonds is 12. The van der Waals surface area contributed by atoms with E-state index < -0.39 is 28.3 Å². The predicted molar refractivity (Wildman–Crippen MR) is 119 cm³/mol. The number of sulfonamides is 1. The number of nitrogens with zero attached hydrogens (tertiary/aromatic N) is 1. The van der Waals surface area contributed by atoms with Crippen LogP contribution < -0.4 is 11.1 Å². The zero-order valence-electron chi connectivity index (χ0n) is 17.3. The molecule has 0 saturated heterocycles. The quantitative estimate of drug-likeness (QED) is 0.293. The smallest absolute Gasteiger partial charge is 0.404 e. The van der Waals surface area contributed by atoms with Gasteiger partial charge < -0.3 is 21.3 Å². The highest BCUT2D eigenvalue weighted by atomic mass is 32.2. The summed E-state index contributed by atoms with van der Waals surface area (Å²) in [6.45, 7) is 7.18. The van der Waals surface area contributed by atoms with Crippen molar-refractivity contribution in [3.8, 4) is 0 Å². The average Bonchev–Trinajstić information content (AvgIpc) is 2.66. The van der Waals surface area contributed by atoms with Gasteiger partial charge in [-0.3, -0.25) is 0 Å². The summed E-state index contributed by atoms with van der Waals surface area (Å²) in [6, 6.07) is 4.92. The van der Waals surface area contributed by atoms with Crippen molar-refractivity contribution >= 4 is 21.8 Å². The molecule has 0 aromatic heterocycles. The first-order chi connectivity index (χ1) is 14.1. The van der Waals surface area contributed by atoms with Crippen molar-refractivity contribution in [1.29, 1.82) is 0 Å². The molecule has 1 amide bonds. The molecule has 5 N–H and O–H groups in total. The van der Waals surface area contributed by atoms with E-state index in [0.717, 1.165) is 0 Å². The summed E-state index contributed by atoms with van der Waals surface area (Å²) < 4.78 is 27.4. The van der Waals surface area contributed by atoms with Gasteiger partial charge in [-0.1, -0.05) is 50.8 Å². The Labute approximate surface area is 178 Å². The van der Waals surface area contributed by atoms with Crippen LogP contribution in [0.2, 0.25) is 0 Å². The van der Waals surface area contributed by atoms with E-state index in [1.165, 1.54) is 28.6 Å². The molecule has 9 heteroatoms. The molecule has 1 aromatic rings. The van der Waals surface area contributed by atoms with E-state index >= 15 is 0 Å². The second kappa shape index (κ2) is 12.2. The molecule has 0 aliphatic carbocycles. The first-order valence-electron chi connectivity index (χ1n) is 9.55. The Morgan fingerprint density at radius 3 is 2.37 bits per heavy atom. The molecule has 0 spiro atoms. The number of nitrogens with two attached hydrogens (primary N) is 1. The highest BCUT2D eigenvalue weighted by Crippen LogP contribution is 2.20. The number of hydrogen-bond acceptors (Lipinski definition) is 5. The largest absolute Gasteiger partial charge is 0.465 e. The maximum Gasteiger partial charge on any atom is 0.404 e. The van der Waals surface area contributed by atoms with Gasteiger partial charge >= 0.3 is 6.09 Å². The normalized spacial score (nSPS) is 14.4. The van der Waals surface area contributed by atoms with E-state index in [4.69, 9.17) is 10.8 Å². The van der Waals surface area contributed by atoms with E-state index in [1.807, 2.05) is 13.8 Å². The molecule has 8 nitrogen and oxygen atoms in total. The van der Waals surface area contributed by atoms with Crippen LogP contribution in [0.4, 0.5) is 10.5 Å². The van der Waals surface area contributed by atoms with Crippen LogP contribution in [0, 0.1) is 5.92 Å². The van der Waals surface area contributed by atoms with E-state index in [2.05, 4.69) is 11.9 Å². The fraction of sp³-hybridized carbons (Fsp3) is 0.381. The average molecular weight is 438 g/mol. The number of nitrogens with one attached hydrogen (secondary N) is 1. The Morgan fingerprint density at radius 2 is 1.83 bits per heavy atom. The van der Waals surface area contributed by atoms with Crippen molar-refractivity contribution in [3.05, 3.63) is 61.2 Å². The number of anilines is 1. The lowest BCUT2D eigenvalue weighted by Crippen LogP contribution is -2.49. The van der Waals surface area contributed by atoms with Gasteiger partial charge in [-0.25, -0.2) is 13.2 Å². The number of aliphatic hydroxyl groups is 1. The molecular formula is C21H31N3O5S. The standard InChI is InChI=1S/C21H31N3O5S/c1-4-5-6-7-8-9-19(23-21(26)27)20(25)15-24(14-16(2)3)30(28,29)18-12-10-17(22)11-13-18/h4-8,10-13,16,19-20,23,25H,1,9,14-15,22H2,2-3H3,(H,26,27)/b6-5-,8-7+/t19?,20-/m1/s1. The third kappa shape index (κ3) is 8.40.